The van der Waals surface area contributed by atoms with Crippen molar-refractivity contribution in [3.05, 3.63) is 0 Å². The Hall–Kier alpha value is -0.570. The van der Waals surface area contributed by atoms with Crippen LogP contribution in [0.5, 0.6) is 0 Å². The molecule has 1 amide bonds. The lowest BCUT2D eigenvalue weighted by Gasteiger charge is -2.30. The van der Waals surface area contributed by atoms with E-state index in [9.17, 15) is 4.79 Å². The van der Waals surface area contributed by atoms with Crippen LogP contribution in [0.1, 0.15) is 59.3 Å². The van der Waals surface area contributed by atoms with Crippen LogP contribution >= 0.6 is 0 Å². The van der Waals surface area contributed by atoms with Crippen molar-refractivity contribution in [2.24, 2.45) is 23.7 Å². The van der Waals surface area contributed by atoms with Gasteiger partial charge in [-0.05, 0) is 49.4 Å². The van der Waals surface area contributed by atoms with E-state index in [1.807, 2.05) is 0 Å². The van der Waals surface area contributed by atoms with Crippen LogP contribution in [0.15, 0.2) is 0 Å². The maximum Gasteiger partial charge on any atom is 0.241 e. The fourth-order valence-electron chi connectivity index (χ4n) is 4.75. The molecular weight excluding hydrogens is 248 g/mol. The number of hydrogen-bond donors (Lipinski definition) is 1. The van der Waals surface area contributed by atoms with Gasteiger partial charge in [0.2, 0.25) is 5.91 Å². The van der Waals surface area contributed by atoms with E-state index in [2.05, 4.69) is 31.0 Å². The molecule has 3 aliphatic rings. The molecule has 0 aromatic rings. The molecule has 0 spiro atoms. The fourth-order valence-corrected chi connectivity index (χ4v) is 4.75. The van der Waals surface area contributed by atoms with Crippen LogP contribution in [0, 0.1) is 23.7 Å². The van der Waals surface area contributed by atoms with Gasteiger partial charge in [-0.15, -0.1) is 0 Å². The molecule has 3 fully saturated rings. The number of rotatable bonds is 5. The van der Waals surface area contributed by atoms with Crippen molar-refractivity contribution in [2.45, 2.75) is 71.5 Å². The monoisotopic (exact) mass is 278 g/mol. The van der Waals surface area contributed by atoms with Gasteiger partial charge in [0.05, 0.1) is 12.2 Å². The van der Waals surface area contributed by atoms with Crippen LogP contribution in [-0.4, -0.2) is 29.6 Å². The molecule has 0 aromatic heterocycles. The maximum absolute atomic E-state index is 12.7. The minimum atomic E-state index is 0.0588. The highest BCUT2D eigenvalue weighted by Crippen LogP contribution is 2.48. The lowest BCUT2D eigenvalue weighted by Crippen LogP contribution is -2.41. The van der Waals surface area contributed by atoms with Crippen molar-refractivity contribution in [3.63, 3.8) is 0 Å². The Labute approximate surface area is 123 Å². The van der Waals surface area contributed by atoms with Gasteiger partial charge in [-0.2, -0.15) is 0 Å². The zero-order valence-corrected chi connectivity index (χ0v) is 13.3. The predicted octanol–water partition coefficient (Wildman–Crippen LogP) is 3.01. The highest BCUT2D eigenvalue weighted by molar-refractivity contribution is 5.84. The lowest BCUT2D eigenvalue weighted by molar-refractivity contribution is -0.131. The fraction of sp³-hybridized carbons (Fsp3) is 0.941. The van der Waals surface area contributed by atoms with Crippen LogP contribution in [0.25, 0.3) is 0 Å². The summed E-state index contributed by atoms with van der Waals surface area (Å²) in [4.78, 5) is 14.9. The third kappa shape index (κ3) is 2.38. The number of amides is 1. The molecule has 3 heteroatoms. The molecule has 2 aliphatic carbocycles. The molecule has 6 unspecified atom stereocenters. The average Bonchev–Trinajstić information content (AvgIpc) is 3.14. The zero-order valence-electron chi connectivity index (χ0n) is 13.3. The van der Waals surface area contributed by atoms with E-state index in [1.165, 1.54) is 25.7 Å². The standard InChI is InChI=1S/C17H30N2O/c1-4-11(3)16-17(20)19(15(5-2)18-16)10-14-9-12-6-7-13(14)8-12/h11-16,18H,4-10H2,1-3H3. The Morgan fingerprint density at radius 2 is 2.10 bits per heavy atom. The highest BCUT2D eigenvalue weighted by atomic mass is 16.2. The minimum absolute atomic E-state index is 0.0588. The third-order valence-corrected chi connectivity index (χ3v) is 6.21. The number of hydrogen-bond acceptors (Lipinski definition) is 2. The maximum atomic E-state index is 12.7. The summed E-state index contributed by atoms with van der Waals surface area (Å²) in [7, 11) is 0. The van der Waals surface area contributed by atoms with Gasteiger partial charge >= 0.3 is 0 Å². The molecule has 20 heavy (non-hydrogen) atoms. The second-order valence-electron chi connectivity index (χ2n) is 7.38. The van der Waals surface area contributed by atoms with Gasteiger partial charge < -0.3 is 4.90 Å². The Morgan fingerprint density at radius 3 is 2.65 bits per heavy atom. The quantitative estimate of drug-likeness (QED) is 0.838. The molecule has 3 nitrogen and oxygen atoms in total. The van der Waals surface area contributed by atoms with E-state index in [0.29, 0.717) is 11.8 Å². The first-order valence-electron chi connectivity index (χ1n) is 8.70. The summed E-state index contributed by atoms with van der Waals surface area (Å²) in [5, 5.41) is 3.59. The van der Waals surface area contributed by atoms with Crippen molar-refractivity contribution in [2.75, 3.05) is 6.54 Å². The molecule has 3 rings (SSSR count). The molecular formula is C17H30N2O. The zero-order chi connectivity index (χ0) is 14.3. The first-order valence-corrected chi connectivity index (χ1v) is 8.70. The molecule has 1 N–H and O–H groups in total. The van der Waals surface area contributed by atoms with Gasteiger partial charge in [-0.1, -0.05) is 33.6 Å². The summed E-state index contributed by atoms with van der Waals surface area (Å²) in [6.45, 7) is 7.58. The van der Waals surface area contributed by atoms with Crippen molar-refractivity contribution in [3.8, 4) is 0 Å². The summed E-state index contributed by atoms with van der Waals surface area (Å²) in [6, 6.07) is 0.0588. The van der Waals surface area contributed by atoms with Gasteiger partial charge in [0.1, 0.15) is 0 Å². The predicted molar refractivity (Wildman–Crippen MR) is 81.1 cm³/mol. The molecule has 1 aliphatic heterocycles. The van der Waals surface area contributed by atoms with Crippen molar-refractivity contribution >= 4 is 5.91 Å². The molecule has 1 saturated heterocycles. The van der Waals surface area contributed by atoms with Crippen molar-refractivity contribution in [1.82, 2.24) is 10.2 Å². The molecule has 0 aromatic carbocycles. The summed E-state index contributed by atoms with van der Waals surface area (Å²) in [6.07, 6.45) is 8.04. The second-order valence-corrected chi connectivity index (χ2v) is 7.38. The third-order valence-electron chi connectivity index (χ3n) is 6.21. The SMILES string of the molecule is CCC(C)C1NC(CC)N(CC2CC3CCC2C3)C1=O. The molecule has 2 bridgehead atoms. The molecule has 2 saturated carbocycles. The molecule has 0 radical (unpaired) electrons. The van der Waals surface area contributed by atoms with E-state index < -0.39 is 0 Å². The molecule has 114 valence electrons. The number of nitrogens with zero attached hydrogens (tertiary/aromatic N) is 1. The smallest absolute Gasteiger partial charge is 0.241 e. The average molecular weight is 278 g/mol. The van der Waals surface area contributed by atoms with Crippen molar-refractivity contribution in [1.29, 1.82) is 0 Å². The minimum Gasteiger partial charge on any atom is -0.326 e. The van der Waals surface area contributed by atoms with E-state index in [-0.39, 0.29) is 12.2 Å². The van der Waals surface area contributed by atoms with Gasteiger partial charge in [0.25, 0.3) is 0 Å². The lowest BCUT2D eigenvalue weighted by atomic mass is 9.88. The number of nitrogens with one attached hydrogen (secondary N) is 1. The largest absolute Gasteiger partial charge is 0.326 e. The van der Waals surface area contributed by atoms with Crippen molar-refractivity contribution < 1.29 is 4.79 Å². The number of fused-ring (bicyclic) bond motifs is 2. The second kappa shape index (κ2) is 5.67. The molecule has 1 heterocycles. The highest BCUT2D eigenvalue weighted by Gasteiger charge is 2.45. The van der Waals surface area contributed by atoms with Crippen LogP contribution in [0.4, 0.5) is 0 Å². The van der Waals surface area contributed by atoms with Crippen LogP contribution in [-0.2, 0) is 4.79 Å². The van der Waals surface area contributed by atoms with Gasteiger partial charge in [0.15, 0.2) is 0 Å². The van der Waals surface area contributed by atoms with Gasteiger partial charge in [-0.3, -0.25) is 10.1 Å². The summed E-state index contributed by atoms with van der Waals surface area (Å²) in [5.41, 5.74) is 0. The Balaban J connectivity index is 1.66. The Morgan fingerprint density at radius 1 is 1.30 bits per heavy atom. The Kier molecular flexibility index (Phi) is 4.07. The normalized spacial score (nSPS) is 41.6. The van der Waals surface area contributed by atoms with Crippen LogP contribution < -0.4 is 5.32 Å². The van der Waals surface area contributed by atoms with E-state index >= 15 is 0 Å². The Bertz CT molecular complexity index is 370. The van der Waals surface area contributed by atoms with Crippen LogP contribution in [0.2, 0.25) is 0 Å². The summed E-state index contributed by atoms with van der Waals surface area (Å²) < 4.78 is 0. The summed E-state index contributed by atoms with van der Waals surface area (Å²) >= 11 is 0. The summed E-state index contributed by atoms with van der Waals surface area (Å²) in [5.74, 6) is 3.48. The number of carbonyl (C=O) groups is 1. The molecule has 6 atom stereocenters. The topological polar surface area (TPSA) is 32.3 Å². The van der Waals surface area contributed by atoms with E-state index in [4.69, 9.17) is 0 Å². The van der Waals surface area contributed by atoms with Crippen LogP contribution in [0.3, 0.4) is 0 Å². The van der Waals surface area contributed by atoms with E-state index in [1.54, 1.807) is 0 Å². The number of carbonyl (C=O) groups excluding carboxylic acids is 1. The first-order chi connectivity index (χ1) is 9.63. The van der Waals surface area contributed by atoms with E-state index in [0.717, 1.165) is 37.1 Å². The first kappa shape index (κ1) is 14.4. The van der Waals surface area contributed by atoms with Gasteiger partial charge in [-0.25, -0.2) is 0 Å². The van der Waals surface area contributed by atoms with Gasteiger partial charge in [0, 0.05) is 6.54 Å².